The molecule has 0 unspecified atom stereocenters. The standard InChI is InChI=1S/C19H26N4O2/c24-18(16-6-4-5-15-13-21-22-17(15)16)20-14-19(7-2-1-3-8-19)23-9-11-25-12-10-23/h4-6,13H,1-3,7-12,14H2,(H,20,24)(H,21,22). The molecular weight excluding hydrogens is 316 g/mol. The predicted molar refractivity (Wildman–Crippen MR) is 96.6 cm³/mol. The Labute approximate surface area is 147 Å². The molecule has 4 rings (SSSR count). The molecule has 2 aromatic rings. The van der Waals surface area contributed by atoms with Crippen LogP contribution in [0, 0.1) is 0 Å². The number of para-hydroxylation sites is 1. The molecule has 6 heteroatoms. The average molecular weight is 342 g/mol. The quantitative estimate of drug-likeness (QED) is 0.895. The fraction of sp³-hybridized carbons (Fsp3) is 0.579. The van der Waals surface area contributed by atoms with Crippen LogP contribution in [0.1, 0.15) is 42.5 Å². The molecule has 1 saturated heterocycles. The lowest BCUT2D eigenvalue weighted by Gasteiger charge is -2.48. The van der Waals surface area contributed by atoms with Gasteiger partial charge in [0.15, 0.2) is 0 Å². The highest BCUT2D eigenvalue weighted by atomic mass is 16.5. The van der Waals surface area contributed by atoms with Gasteiger partial charge in [0.2, 0.25) is 0 Å². The maximum atomic E-state index is 12.8. The Hall–Kier alpha value is -1.92. The summed E-state index contributed by atoms with van der Waals surface area (Å²) in [5.41, 5.74) is 1.56. The third-order valence-electron chi connectivity index (χ3n) is 5.77. The van der Waals surface area contributed by atoms with E-state index in [1.165, 1.54) is 19.3 Å². The van der Waals surface area contributed by atoms with Crippen LogP contribution in [0.5, 0.6) is 0 Å². The number of benzene rings is 1. The van der Waals surface area contributed by atoms with Crippen molar-refractivity contribution < 1.29 is 9.53 Å². The molecule has 25 heavy (non-hydrogen) atoms. The number of hydrogen-bond donors (Lipinski definition) is 2. The van der Waals surface area contributed by atoms with Gasteiger partial charge in [-0.1, -0.05) is 31.4 Å². The molecule has 134 valence electrons. The number of carbonyl (C=O) groups is 1. The van der Waals surface area contributed by atoms with Crippen molar-refractivity contribution in [1.82, 2.24) is 20.4 Å². The fourth-order valence-electron chi connectivity index (χ4n) is 4.35. The van der Waals surface area contributed by atoms with Crippen LogP contribution in [-0.4, -0.2) is 59.4 Å². The van der Waals surface area contributed by atoms with Crippen molar-refractivity contribution in [2.75, 3.05) is 32.8 Å². The first-order valence-corrected chi connectivity index (χ1v) is 9.32. The van der Waals surface area contributed by atoms with Crippen molar-refractivity contribution in [2.24, 2.45) is 0 Å². The van der Waals surface area contributed by atoms with Crippen molar-refractivity contribution in [3.05, 3.63) is 30.0 Å². The van der Waals surface area contributed by atoms with Crippen LogP contribution in [0.4, 0.5) is 0 Å². The van der Waals surface area contributed by atoms with Crippen LogP contribution < -0.4 is 5.32 Å². The first-order chi connectivity index (χ1) is 12.3. The second-order valence-corrected chi connectivity index (χ2v) is 7.21. The molecule has 2 fully saturated rings. The Morgan fingerprint density at radius 2 is 2.04 bits per heavy atom. The van der Waals surface area contributed by atoms with Crippen LogP contribution in [0.3, 0.4) is 0 Å². The van der Waals surface area contributed by atoms with Crippen molar-refractivity contribution in [3.63, 3.8) is 0 Å². The van der Waals surface area contributed by atoms with Crippen molar-refractivity contribution >= 4 is 16.8 Å². The summed E-state index contributed by atoms with van der Waals surface area (Å²) in [6.45, 7) is 4.22. The second-order valence-electron chi connectivity index (χ2n) is 7.21. The van der Waals surface area contributed by atoms with E-state index in [0.29, 0.717) is 12.1 Å². The molecule has 1 amide bonds. The molecule has 2 N–H and O–H groups in total. The lowest BCUT2D eigenvalue weighted by atomic mass is 9.79. The van der Waals surface area contributed by atoms with Crippen molar-refractivity contribution in [1.29, 1.82) is 0 Å². The molecule has 0 radical (unpaired) electrons. The van der Waals surface area contributed by atoms with Gasteiger partial charge in [0.25, 0.3) is 5.91 Å². The van der Waals surface area contributed by atoms with Gasteiger partial charge in [-0.25, -0.2) is 0 Å². The monoisotopic (exact) mass is 342 g/mol. The van der Waals surface area contributed by atoms with Crippen LogP contribution in [0.15, 0.2) is 24.4 Å². The summed E-state index contributed by atoms with van der Waals surface area (Å²) in [7, 11) is 0. The molecule has 2 heterocycles. The SMILES string of the molecule is O=C(NCC1(N2CCOCC2)CCCCC1)c1cccc2cn[nH]c12. The number of nitrogens with zero attached hydrogens (tertiary/aromatic N) is 2. The zero-order valence-corrected chi connectivity index (χ0v) is 14.6. The van der Waals surface area contributed by atoms with E-state index in [2.05, 4.69) is 20.4 Å². The number of H-pyrrole nitrogens is 1. The summed E-state index contributed by atoms with van der Waals surface area (Å²) in [5, 5.41) is 11.2. The highest BCUT2D eigenvalue weighted by Crippen LogP contribution is 2.34. The van der Waals surface area contributed by atoms with E-state index in [9.17, 15) is 4.79 Å². The minimum absolute atomic E-state index is 0.0203. The Morgan fingerprint density at radius 1 is 1.24 bits per heavy atom. The normalized spacial score (nSPS) is 21.3. The zero-order valence-electron chi connectivity index (χ0n) is 14.6. The number of aromatic nitrogens is 2. The van der Waals surface area contributed by atoms with E-state index in [1.54, 1.807) is 6.20 Å². The van der Waals surface area contributed by atoms with Gasteiger partial charge in [-0.05, 0) is 18.9 Å². The highest BCUT2D eigenvalue weighted by molar-refractivity contribution is 6.05. The minimum atomic E-state index is -0.0203. The molecule has 1 aromatic heterocycles. The Balaban J connectivity index is 1.50. The number of fused-ring (bicyclic) bond motifs is 1. The molecular formula is C19H26N4O2. The molecule has 1 saturated carbocycles. The van der Waals surface area contributed by atoms with Crippen LogP contribution in [-0.2, 0) is 4.74 Å². The molecule has 2 aliphatic rings. The highest BCUT2D eigenvalue weighted by Gasteiger charge is 2.38. The number of rotatable bonds is 4. The summed E-state index contributed by atoms with van der Waals surface area (Å²) < 4.78 is 5.53. The predicted octanol–water partition coefficient (Wildman–Crippen LogP) is 2.33. The zero-order chi connectivity index (χ0) is 17.1. The second kappa shape index (κ2) is 7.14. The Morgan fingerprint density at radius 3 is 2.84 bits per heavy atom. The average Bonchev–Trinajstić information content (AvgIpc) is 3.16. The van der Waals surface area contributed by atoms with Gasteiger partial charge in [0.05, 0.1) is 30.5 Å². The molecule has 1 aliphatic heterocycles. The summed E-state index contributed by atoms with van der Waals surface area (Å²) in [4.78, 5) is 15.4. The number of hydrogen-bond acceptors (Lipinski definition) is 4. The van der Waals surface area contributed by atoms with E-state index in [0.717, 1.165) is 50.0 Å². The van der Waals surface area contributed by atoms with Gasteiger partial charge in [-0.2, -0.15) is 5.10 Å². The number of amides is 1. The van der Waals surface area contributed by atoms with E-state index in [-0.39, 0.29) is 11.4 Å². The number of ether oxygens (including phenoxy) is 1. The number of carbonyl (C=O) groups excluding carboxylic acids is 1. The molecule has 1 aliphatic carbocycles. The summed E-state index contributed by atoms with van der Waals surface area (Å²) in [6, 6.07) is 5.73. The maximum absolute atomic E-state index is 12.8. The van der Waals surface area contributed by atoms with Gasteiger partial charge in [-0.15, -0.1) is 0 Å². The van der Waals surface area contributed by atoms with Gasteiger partial charge in [0.1, 0.15) is 0 Å². The fourth-order valence-corrected chi connectivity index (χ4v) is 4.35. The smallest absolute Gasteiger partial charge is 0.253 e. The molecule has 1 aromatic carbocycles. The van der Waals surface area contributed by atoms with Crippen molar-refractivity contribution in [3.8, 4) is 0 Å². The topological polar surface area (TPSA) is 70.2 Å². The number of nitrogens with one attached hydrogen (secondary N) is 2. The van der Waals surface area contributed by atoms with E-state index in [4.69, 9.17) is 4.74 Å². The Kier molecular flexibility index (Phi) is 4.72. The number of morpholine rings is 1. The first kappa shape index (κ1) is 16.5. The third-order valence-corrected chi connectivity index (χ3v) is 5.77. The summed E-state index contributed by atoms with van der Waals surface area (Å²) in [6.07, 6.45) is 7.84. The van der Waals surface area contributed by atoms with Crippen LogP contribution >= 0.6 is 0 Å². The van der Waals surface area contributed by atoms with Crippen LogP contribution in [0.2, 0.25) is 0 Å². The van der Waals surface area contributed by atoms with Gasteiger partial charge in [0, 0.05) is 30.6 Å². The van der Waals surface area contributed by atoms with Crippen LogP contribution in [0.25, 0.3) is 10.9 Å². The minimum Gasteiger partial charge on any atom is -0.379 e. The first-order valence-electron chi connectivity index (χ1n) is 9.32. The maximum Gasteiger partial charge on any atom is 0.253 e. The van der Waals surface area contributed by atoms with E-state index >= 15 is 0 Å². The van der Waals surface area contributed by atoms with Crippen molar-refractivity contribution in [2.45, 2.75) is 37.6 Å². The van der Waals surface area contributed by atoms with Gasteiger partial charge >= 0.3 is 0 Å². The largest absolute Gasteiger partial charge is 0.379 e. The van der Waals surface area contributed by atoms with Gasteiger partial charge < -0.3 is 10.1 Å². The molecule has 6 nitrogen and oxygen atoms in total. The molecule has 0 spiro atoms. The van der Waals surface area contributed by atoms with E-state index in [1.807, 2.05) is 18.2 Å². The summed E-state index contributed by atoms with van der Waals surface area (Å²) >= 11 is 0. The van der Waals surface area contributed by atoms with E-state index < -0.39 is 0 Å². The summed E-state index contributed by atoms with van der Waals surface area (Å²) in [5.74, 6) is -0.0203. The molecule has 0 atom stereocenters. The molecule has 0 bridgehead atoms. The van der Waals surface area contributed by atoms with Gasteiger partial charge in [-0.3, -0.25) is 14.8 Å². The number of aromatic amines is 1. The Bertz CT molecular complexity index is 730. The lowest BCUT2D eigenvalue weighted by molar-refractivity contribution is -0.0361. The third kappa shape index (κ3) is 3.28. The lowest BCUT2D eigenvalue weighted by Crippen LogP contribution is -2.59.